The summed E-state index contributed by atoms with van der Waals surface area (Å²) in [6, 6.07) is 10.4. The van der Waals surface area contributed by atoms with Crippen LogP contribution in [-0.4, -0.2) is 51.0 Å². The number of aromatic nitrogens is 3. The van der Waals surface area contributed by atoms with Crippen molar-refractivity contribution in [2.45, 2.75) is 51.9 Å². The number of hydrogen-bond acceptors (Lipinski definition) is 5. The highest BCUT2D eigenvalue weighted by molar-refractivity contribution is 5.79. The second-order valence-corrected chi connectivity index (χ2v) is 8.24. The number of nitrogens with zero attached hydrogens (tertiary/aromatic N) is 4. The second kappa shape index (κ2) is 8.31. The Kier molecular flexibility index (Phi) is 5.62. The van der Waals surface area contributed by atoms with Crippen LogP contribution in [0.1, 0.15) is 32.4 Å². The lowest BCUT2D eigenvalue weighted by molar-refractivity contribution is -0.133. The first kappa shape index (κ1) is 18.9. The molecule has 28 heavy (non-hydrogen) atoms. The van der Waals surface area contributed by atoms with Crippen molar-refractivity contribution in [3.8, 4) is 5.75 Å². The van der Waals surface area contributed by atoms with Crippen molar-refractivity contribution in [3.63, 3.8) is 0 Å². The number of hydrogen-bond donors (Lipinski definition) is 1. The summed E-state index contributed by atoms with van der Waals surface area (Å²) in [6.45, 7) is 7.19. The van der Waals surface area contributed by atoms with E-state index in [1.165, 1.54) is 0 Å². The summed E-state index contributed by atoms with van der Waals surface area (Å²) in [5.41, 5.74) is 0.828. The Morgan fingerprint density at radius 1 is 1.32 bits per heavy atom. The number of para-hydroxylation sites is 1. The molecular weight excluding hydrogens is 354 g/mol. The summed E-state index contributed by atoms with van der Waals surface area (Å²) in [5.74, 6) is 1.64. The third-order valence-electron chi connectivity index (χ3n) is 5.76. The van der Waals surface area contributed by atoms with Crippen molar-refractivity contribution in [2.24, 2.45) is 11.8 Å². The lowest BCUT2D eigenvalue weighted by Crippen LogP contribution is -2.58. The van der Waals surface area contributed by atoms with Crippen LogP contribution in [0.3, 0.4) is 0 Å². The standard InChI is InChI=1S/C21H29N5O2/c1-15(2)22-21(27)20-13-25-9-8-16(20)10-18(25)12-26-11-17(23-24-26)14-28-19-6-4-3-5-7-19/h3-7,11,15-16,18,20H,8-10,12-14H2,1-2H3,(H,22,27). The molecule has 2 aromatic rings. The van der Waals surface area contributed by atoms with E-state index in [1.54, 1.807) is 0 Å². The Balaban J connectivity index is 1.31. The monoisotopic (exact) mass is 383 g/mol. The fourth-order valence-electron chi connectivity index (χ4n) is 4.40. The molecule has 0 spiro atoms. The molecule has 1 aromatic heterocycles. The van der Waals surface area contributed by atoms with Gasteiger partial charge in [0, 0.05) is 18.6 Å². The number of rotatable bonds is 7. The molecule has 4 atom stereocenters. The molecule has 7 heteroatoms. The molecule has 0 saturated carbocycles. The predicted molar refractivity (Wildman–Crippen MR) is 106 cm³/mol. The summed E-state index contributed by atoms with van der Waals surface area (Å²) in [6.07, 6.45) is 4.13. The van der Waals surface area contributed by atoms with E-state index in [-0.39, 0.29) is 17.9 Å². The third-order valence-corrected chi connectivity index (χ3v) is 5.76. The van der Waals surface area contributed by atoms with Crippen molar-refractivity contribution in [2.75, 3.05) is 13.1 Å². The fourth-order valence-corrected chi connectivity index (χ4v) is 4.40. The van der Waals surface area contributed by atoms with E-state index in [0.717, 1.165) is 43.9 Å². The molecule has 2 bridgehead atoms. The van der Waals surface area contributed by atoms with E-state index in [0.29, 0.717) is 18.6 Å². The van der Waals surface area contributed by atoms with Crippen molar-refractivity contribution >= 4 is 5.91 Å². The van der Waals surface area contributed by atoms with Gasteiger partial charge >= 0.3 is 0 Å². The fraction of sp³-hybridized carbons (Fsp3) is 0.571. The van der Waals surface area contributed by atoms with Gasteiger partial charge < -0.3 is 10.1 Å². The van der Waals surface area contributed by atoms with Crippen LogP contribution in [0.4, 0.5) is 0 Å². The molecule has 1 N–H and O–H groups in total. The van der Waals surface area contributed by atoms with Crippen LogP contribution in [0.15, 0.2) is 36.5 Å². The van der Waals surface area contributed by atoms with Gasteiger partial charge in [-0.1, -0.05) is 23.4 Å². The van der Waals surface area contributed by atoms with Crippen molar-refractivity contribution in [3.05, 3.63) is 42.2 Å². The van der Waals surface area contributed by atoms with Gasteiger partial charge in [-0.2, -0.15) is 0 Å². The quantitative estimate of drug-likeness (QED) is 0.793. The minimum Gasteiger partial charge on any atom is -0.487 e. The van der Waals surface area contributed by atoms with Crippen LogP contribution in [-0.2, 0) is 17.9 Å². The number of amides is 1. The van der Waals surface area contributed by atoms with Crippen LogP contribution in [0.2, 0.25) is 0 Å². The third kappa shape index (κ3) is 4.35. The first-order valence-corrected chi connectivity index (χ1v) is 10.2. The normalized spacial score (nSPS) is 26.4. The Labute approximate surface area is 166 Å². The summed E-state index contributed by atoms with van der Waals surface area (Å²) in [7, 11) is 0. The smallest absolute Gasteiger partial charge is 0.224 e. The van der Waals surface area contributed by atoms with Gasteiger partial charge in [0.05, 0.1) is 18.7 Å². The van der Waals surface area contributed by atoms with Crippen LogP contribution in [0, 0.1) is 11.8 Å². The van der Waals surface area contributed by atoms with E-state index in [2.05, 4.69) is 20.5 Å². The summed E-state index contributed by atoms with van der Waals surface area (Å²) >= 11 is 0. The van der Waals surface area contributed by atoms with Crippen molar-refractivity contribution in [1.82, 2.24) is 25.2 Å². The SMILES string of the molecule is CC(C)NC(=O)C1CN2CCC1CC2Cn1cc(COc2ccccc2)nn1. The lowest BCUT2D eigenvalue weighted by atomic mass is 9.75. The average molecular weight is 383 g/mol. The van der Waals surface area contributed by atoms with E-state index in [9.17, 15) is 4.79 Å². The maximum Gasteiger partial charge on any atom is 0.224 e. The topological polar surface area (TPSA) is 72.3 Å². The van der Waals surface area contributed by atoms with E-state index in [4.69, 9.17) is 4.74 Å². The second-order valence-electron chi connectivity index (χ2n) is 8.24. The highest BCUT2D eigenvalue weighted by atomic mass is 16.5. The first-order chi connectivity index (χ1) is 13.6. The zero-order chi connectivity index (χ0) is 19.5. The molecule has 7 nitrogen and oxygen atoms in total. The molecule has 1 amide bonds. The molecule has 0 aliphatic carbocycles. The molecule has 1 aromatic carbocycles. The van der Waals surface area contributed by atoms with E-state index < -0.39 is 0 Å². The molecule has 5 rings (SSSR count). The number of piperidine rings is 3. The Morgan fingerprint density at radius 2 is 2.14 bits per heavy atom. The maximum absolute atomic E-state index is 12.5. The molecule has 3 saturated heterocycles. The van der Waals surface area contributed by atoms with Gasteiger partial charge in [0.25, 0.3) is 0 Å². The molecule has 3 aliphatic rings. The molecule has 150 valence electrons. The number of nitrogens with one attached hydrogen (secondary N) is 1. The van der Waals surface area contributed by atoms with Gasteiger partial charge in [-0.15, -0.1) is 5.10 Å². The van der Waals surface area contributed by atoms with Crippen molar-refractivity contribution in [1.29, 1.82) is 0 Å². The van der Waals surface area contributed by atoms with Crippen LogP contribution >= 0.6 is 0 Å². The van der Waals surface area contributed by atoms with E-state index >= 15 is 0 Å². The van der Waals surface area contributed by atoms with Crippen LogP contribution in [0.25, 0.3) is 0 Å². The molecule has 4 unspecified atom stereocenters. The lowest BCUT2D eigenvalue weighted by Gasteiger charge is -2.49. The zero-order valence-corrected chi connectivity index (χ0v) is 16.6. The van der Waals surface area contributed by atoms with E-state index in [1.807, 2.05) is 55.1 Å². The molecule has 4 heterocycles. The Bertz CT molecular complexity index is 791. The van der Waals surface area contributed by atoms with Gasteiger partial charge in [0.2, 0.25) is 5.91 Å². The summed E-state index contributed by atoms with van der Waals surface area (Å²) < 4.78 is 7.66. The number of benzene rings is 1. The number of fused-ring (bicyclic) bond motifs is 3. The number of carbonyl (C=O) groups is 1. The number of ether oxygens (including phenoxy) is 1. The Morgan fingerprint density at radius 3 is 2.86 bits per heavy atom. The van der Waals surface area contributed by atoms with Crippen LogP contribution < -0.4 is 10.1 Å². The number of carbonyl (C=O) groups excluding carboxylic acids is 1. The largest absolute Gasteiger partial charge is 0.487 e. The summed E-state index contributed by atoms with van der Waals surface area (Å²) in [4.78, 5) is 14.9. The zero-order valence-electron chi connectivity index (χ0n) is 16.6. The Hall–Kier alpha value is -2.41. The highest BCUT2D eigenvalue weighted by Gasteiger charge is 2.43. The molecule has 3 aliphatic heterocycles. The summed E-state index contributed by atoms with van der Waals surface area (Å²) in [5, 5.41) is 11.6. The minimum absolute atomic E-state index is 0.123. The highest BCUT2D eigenvalue weighted by Crippen LogP contribution is 2.37. The first-order valence-electron chi connectivity index (χ1n) is 10.2. The van der Waals surface area contributed by atoms with Crippen molar-refractivity contribution < 1.29 is 9.53 Å². The average Bonchev–Trinajstić information content (AvgIpc) is 3.14. The van der Waals surface area contributed by atoms with Gasteiger partial charge in [-0.3, -0.25) is 14.4 Å². The van der Waals surface area contributed by atoms with Gasteiger partial charge in [0.15, 0.2) is 0 Å². The molecule has 0 radical (unpaired) electrons. The van der Waals surface area contributed by atoms with Crippen LogP contribution in [0.5, 0.6) is 5.75 Å². The predicted octanol–water partition coefficient (Wildman–Crippen LogP) is 2.09. The van der Waals surface area contributed by atoms with Gasteiger partial charge in [0.1, 0.15) is 18.1 Å². The molecule has 3 fully saturated rings. The van der Waals surface area contributed by atoms with Gasteiger partial charge in [-0.05, 0) is 51.3 Å². The molecular formula is C21H29N5O2. The maximum atomic E-state index is 12.5. The van der Waals surface area contributed by atoms with Gasteiger partial charge in [-0.25, -0.2) is 0 Å². The minimum atomic E-state index is 0.123.